The van der Waals surface area contributed by atoms with Crippen LogP contribution in [-0.2, 0) is 6.42 Å². The van der Waals surface area contributed by atoms with Gasteiger partial charge >= 0.3 is 0 Å². The first-order chi connectivity index (χ1) is 18.1. The monoisotopic (exact) mass is 534 g/mol. The average Bonchev–Trinajstić information content (AvgIpc) is 2.93. The van der Waals surface area contributed by atoms with Crippen LogP contribution in [0.4, 0.5) is 10.1 Å². The molecule has 2 atom stereocenters. The topological polar surface area (TPSA) is 15.3 Å². The van der Waals surface area contributed by atoms with E-state index >= 15 is 0 Å². The first kappa shape index (κ1) is 26.0. The standard InChI is InChI=1S/C32H33Cl2FN2/c33-29-14-13-24(21-30(29)34)25(22-36-32-16-15-31(35)27-11-4-5-12-28(27)32)17-19-37-18-7-6-10-26(37)20-23-8-2-1-3-9-23/h1-5,8-9,11-16,21,25-26,36H,6-7,10,17-20,22H2. The summed E-state index contributed by atoms with van der Waals surface area (Å²) in [5, 5.41) is 6.31. The number of hydrogen-bond acceptors (Lipinski definition) is 2. The second-order valence-corrected chi connectivity index (χ2v) is 10.9. The molecule has 5 heteroatoms. The van der Waals surface area contributed by atoms with E-state index in [4.69, 9.17) is 23.2 Å². The van der Waals surface area contributed by atoms with Crippen molar-refractivity contribution in [3.8, 4) is 0 Å². The lowest BCUT2D eigenvalue weighted by Gasteiger charge is -2.37. The maximum Gasteiger partial charge on any atom is 0.131 e. The molecular weight excluding hydrogens is 502 g/mol. The molecule has 0 aliphatic carbocycles. The van der Waals surface area contributed by atoms with Crippen molar-refractivity contribution >= 4 is 39.7 Å². The van der Waals surface area contributed by atoms with Gasteiger partial charge in [0, 0.05) is 35.0 Å². The Morgan fingerprint density at radius 3 is 2.46 bits per heavy atom. The minimum atomic E-state index is -0.197. The number of piperidine rings is 1. The summed E-state index contributed by atoms with van der Waals surface area (Å²) < 4.78 is 14.4. The molecule has 1 heterocycles. The third-order valence-corrected chi connectivity index (χ3v) is 8.39. The molecule has 0 amide bonds. The molecule has 1 aliphatic rings. The second-order valence-electron chi connectivity index (χ2n) is 10.1. The van der Waals surface area contributed by atoms with Crippen molar-refractivity contribution in [2.24, 2.45) is 0 Å². The number of likely N-dealkylation sites (tertiary alicyclic amines) is 1. The molecular formula is C32H33Cl2FN2. The zero-order valence-corrected chi connectivity index (χ0v) is 22.5. The van der Waals surface area contributed by atoms with Gasteiger partial charge in [-0.3, -0.25) is 0 Å². The first-order valence-electron chi connectivity index (χ1n) is 13.2. The Morgan fingerprint density at radius 2 is 1.65 bits per heavy atom. The lowest BCUT2D eigenvalue weighted by molar-refractivity contribution is 0.143. The summed E-state index contributed by atoms with van der Waals surface area (Å²) in [6, 6.07) is 28.4. The summed E-state index contributed by atoms with van der Waals surface area (Å²) in [6.07, 6.45) is 5.88. The van der Waals surface area contributed by atoms with Crippen molar-refractivity contribution in [2.45, 2.75) is 44.1 Å². The fraction of sp³-hybridized carbons (Fsp3) is 0.312. The SMILES string of the molecule is Fc1ccc(NCC(CCN2CCCCC2Cc2ccccc2)c2ccc(Cl)c(Cl)c2)c2ccccc12. The van der Waals surface area contributed by atoms with Crippen molar-refractivity contribution in [1.29, 1.82) is 0 Å². The summed E-state index contributed by atoms with van der Waals surface area (Å²) >= 11 is 12.7. The van der Waals surface area contributed by atoms with E-state index in [1.807, 2.05) is 42.5 Å². The van der Waals surface area contributed by atoms with Crippen LogP contribution in [0.15, 0.2) is 84.9 Å². The molecule has 0 bridgehead atoms. The van der Waals surface area contributed by atoms with Gasteiger partial charge in [0.2, 0.25) is 0 Å². The molecule has 0 saturated carbocycles. The van der Waals surface area contributed by atoms with Gasteiger partial charge in [0.15, 0.2) is 0 Å². The highest BCUT2D eigenvalue weighted by Gasteiger charge is 2.24. The van der Waals surface area contributed by atoms with Crippen molar-refractivity contribution < 1.29 is 4.39 Å². The molecule has 192 valence electrons. The predicted molar refractivity (Wildman–Crippen MR) is 156 cm³/mol. The molecule has 2 nitrogen and oxygen atoms in total. The summed E-state index contributed by atoms with van der Waals surface area (Å²) in [6.45, 7) is 2.89. The Kier molecular flexibility index (Phi) is 8.66. The fourth-order valence-corrected chi connectivity index (χ4v) is 5.90. The lowest BCUT2D eigenvalue weighted by atomic mass is 9.92. The van der Waals surface area contributed by atoms with Gasteiger partial charge in [-0.1, -0.05) is 90.3 Å². The quantitative estimate of drug-likeness (QED) is 0.230. The Hall–Kier alpha value is -2.59. The predicted octanol–water partition coefficient (Wildman–Crippen LogP) is 8.97. The van der Waals surface area contributed by atoms with Crippen LogP contribution >= 0.6 is 23.2 Å². The Bertz CT molecular complexity index is 1330. The van der Waals surface area contributed by atoms with Gasteiger partial charge in [-0.05, 0) is 74.2 Å². The molecule has 0 radical (unpaired) electrons. The molecule has 1 saturated heterocycles. The van der Waals surface area contributed by atoms with Crippen molar-refractivity contribution in [3.63, 3.8) is 0 Å². The molecule has 37 heavy (non-hydrogen) atoms. The van der Waals surface area contributed by atoms with E-state index in [-0.39, 0.29) is 11.7 Å². The largest absolute Gasteiger partial charge is 0.384 e. The summed E-state index contributed by atoms with van der Waals surface area (Å²) in [5.41, 5.74) is 3.53. The van der Waals surface area contributed by atoms with E-state index in [9.17, 15) is 4.39 Å². The van der Waals surface area contributed by atoms with Crippen molar-refractivity contribution in [2.75, 3.05) is 25.0 Å². The molecule has 4 aromatic carbocycles. The van der Waals surface area contributed by atoms with E-state index in [0.29, 0.717) is 21.5 Å². The summed E-state index contributed by atoms with van der Waals surface area (Å²) in [4.78, 5) is 2.67. The minimum absolute atomic E-state index is 0.197. The lowest BCUT2D eigenvalue weighted by Crippen LogP contribution is -2.42. The van der Waals surface area contributed by atoms with Crippen LogP contribution in [0.25, 0.3) is 10.8 Å². The number of rotatable bonds is 9. The molecule has 1 aliphatic heterocycles. The smallest absolute Gasteiger partial charge is 0.131 e. The maximum atomic E-state index is 14.4. The number of benzene rings is 4. The summed E-state index contributed by atoms with van der Waals surface area (Å²) in [7, 11) is 0. The molecule has 4 aromatic rings. The third-order valence-electron chi connectivity index (χ3n) is 7.65. The van der Waals surface area contributed by atoms with Gasteiger partial charge in [0.25, 0.3) is 0 Å². The van der Waals surface area contributed by atoms with Gasteiger partial charge < -0.3 is 10.2 Å². The van der Waals surface area contributed by atoms with Crippen LogP contribution in [-0.4, -0.2) is 30.6 Å². The van der Waals surface area contributed by atoms with Gasteiger partial charge in [0.1, 0.15) is 5.82 Å². The molecule has 0 aromatic heterocycles. The highest BCUT2D eigenvalue weighted by atomic mass is 35.5. The molecule has 0 spiro atoms. The Labute approximate surface area is 229 Å². The maximum absolute atomic E-state index is 14.4. The van der Waals surface area contributed by atoms with Crippen LogP contribution in [0.5, 0.6) is 0 Å². The molecule has 5 rings (SSSR count). The van der Waals surface area contributed by atoms with Crippen molar-refractivity contribution in [1.82, 2.24) is 4.90 Å². The highest BCUT2D eigenvalue weighted by Crippen LogP contribution is 2.31. The number of hydrogen-bond donors (Lipinski definition) is 1. The molecule has 1 fully saturated rings. The number of halogens is 3. The van der Waals surface area contributed by atoms with Crippen LogP contribution in [0.2, 0.25) is 10.0 Å². The first-order valence-corrected chi connectivity index (χ1v) is 14.0. The van der Waals surface area contributed by atoms with Gasteiger partial charge in [-0.25, -0.2) is 4.39 Å². The zero-order valence-electron chi connectivity index (χ0n) is 21.0. The fourth-order valence-electron chi connectivity index (χ4n) is 5.60. The van der Waals surface area contributed by atoms with E-state index in [2.05, 4.69) is 46.6 Å². The number of anilines is 1. The van der Waals surface area contributed by atoms with Crippen molar-refractivity contribution in [3.05, 3.63) is 112 Å². The molecule has 2 unspecified atom stereocenters. The van der Waals surface area contributed by atoms with E-state index in [1.54, 1.807) is 6.07 Å². The third kappa shape index (κ3) is 6.46. The average molecular weight is 536 g/mol. The van der Waals surface area contributed by atoms with Gasteiger partial charge in [-0.2, -0.15) is 0 Å². The Balaban J connectivity index is 1.33. The normalized spacial score (nSPS) is 17.1. The number of nitrogens with one attached hydrogen (secondary N) is 1. The number of fused-ring (bicyclic) bond motifs is 1. The second kappa shape index (κ2) is 12.3. The zero-order chi connectivity index (χ0) is 25.6. The van der Waals surface area contributed by atoms with Gasteiger partial charge in [0.05, 0.1) is 10.0 Å². The van der Waals surface area contributed by atoms with E-state index in [1.165, 1.54) is 30.4 Å². The number of nitrogens with zero attached hydrogens (tertiary/aromatic N) is 1. The van der Waals surface area contributed by atoms with Crippen LogP contribution in [0, 0.1) is 5.82 Å². The van der Waals surface area contributed by atoms with Crippen LogP contribution in [0.3, 0.4) is 0 Å². The van der Waals surface area contributed by atoms with Gasteiger partial charge in [-0.15, -0.1) is 0 Å². The Morgan fingerprint density at radius 1 is 0.865 bits per heavy atom. The molecule has 1 N–H and O–H groups in total. The summed E-state index contributed by atoms with van der Waals surface area (Å²) in [5.74, 6) is 0.0367. The van der Waals surface area contributed by atoms with Crippen LogP contribution in [0.1, 0.15) is 42.7 Å². The van der Waals surface area contributed by atoms with E-state index in [0.717, 1.165) is 43.5 Å². The highest BCUT2D eigenvalue weighted by molar-refractivity contribution is 6.42. The minimum Gasteiger partial charge on any atom is -0.384 e. The van der Waals surface area contributed by atoms with E-state index < -0.39 is 0 Å². The van der Waals surface area contributed by atoms with Crippen LogP contribution < -0.4 is 5.32 Å².